The van der Waals surface area contributed by atoms with Gasteiger partial charge >= 0.3 is 0 Å². The molecule has 3 nitrogen and oxygen atoms in total. The van der Waals surface area contributed by atoms with Gasteiger partial charge in [-0.3, -0.25) is 4.90 Å². The summed E-state index contributed by atoms with van der Waals surface area (Å²) in [6.45, 7) is 16.3. The SMILES string of the molecule is CC(C)C1CNC(C(C)(C)C)CN1CCCC1CCCO1. The summed E-state index contributed by atoms with van der Waals surface area (Å²) in [6.07, 6.45) is 5.61. The molecule has 2 saturated heterocycles. The van der Waals surface area contributed by atoms with Crippen molar-refractivity contribution in [1.29, 1.82) is 0 Å². The van der Waals surface area contributed by atoms with Crippen LogP contribution in [0.3, 0.4) is 0 Å². The summed E-state index contributed by atoms with van der Waals surface area (Å²) in [7, 11) is 0. The summed E-state index contributed by atoms with van der Waals surface area (Å²) < 4.78 is 5.76. The van der Waals surface area contributed by atoms with Gasteiger partial charge in [0.1, 0.15) is 0 Å². The molecular formula is C18H36N2O. The highest BCUT2D eigenvalue weighted by molar-refractivity contribution is 4.92. The Morgan fingerprint density at radius 1 is 1.29 bits per heavy atom. The van der Waals surface area contributed by atoms with Crippen LogP contribution in [0.25, 0.3) is 0 Å². The van der Waals surface area contributed by atoms with E-state index in [9.17, 15) is 0 Å². The lowest BCUT2D eigenvalue weighted by atomic mass is 9.83. The maximum Gasteiger partial charge on any atom is 0.0576 e. The van der Waals surface area contributed by atoms with Crippen LogP contribution in [0.1, 0.15) is 60.3 Å². The minimum Gasteiger partial charge on any atom is -0.378 e. The van der Waals surface area contributed by atoms with Gasteiger partial charge in [-0.1, -0.05) is 34.6 Å². The molecule has 1 N–H and O–H groups in total. The van der Waals surface area contributed by atoms with Crippen molar-refractivity contribution in [3.63, 3.8) is 0 Å². The zero-order chi connectivity index (χ0) is 15.5. The average Bonchev–Trinajstić information content (AvgIpc) is 2.90. The number of nitrogens with zero attached hydrogens (tertiary/aromatic N) is 1. The normalized spacial score (nSPS) is 32.0. The second kappa shape index (κ2) is 7.43. The Hall–Kier alpha value is -0.120. The van der Waals surface area contributed by atoms with Gasteiger partial charge in [-0.25, -0.2) is 0 Å². The molecule has 2 aliphatic rings. The number of ether oxygens (including phenoxy) is 1. The van der Waals surface area contributed by atoms with Crippen molar-refractivity contribution in [2.75, 3.05) is 26.2 Å². The van der Waals surface area contributed by atoms with Crippen molar-refractivity contribution >= 4 is 0 Å². The van der Waals surface area contributed by atoms with Crippen LogP contribution in [0.15, 0.2) is 0 Å². The predicted octanol–water partition coefficient (Wildman–Crippen LogP) is 3.29. The van der Waals surface area contributed by atoms with Crippen LogP contribution in [-0.4, -0.2) is 49.3 Å². The van der Waals surface area contributed by atoms with Crippen molar-refractivity contribution < 1.29 is 4.74 Å². The predicted molar refractivity (Wildman–Crippen MR) is 89.7 cm³/mol. The van der Waals surface area contributed by atoms with Crippen LogP contribution >= 0.6 is 0 Å². The van der Waals surface area contributed by atoms with E-state index in [-0.39, 0.29) is 0 Å². The molecule has 2 aliphatic heterocycles. The molecule has 3 unspecified atom stereocenters. The molecule has 0 bridgehead atoms. The van der Waals surface area contributed by atoms with Crippen LogP contribution in [0.2, 0.25) is 0 Å². The minimum atomic E-state index is 0.342. The number of nitrogens with one attached hydrogen (secondary N) is 1. The first kappa shape index (κ1) is 17.2. The third-order valence-electron chi connectivity index (χ3n) is 5.27. The van der Waals surface area contributed by atoms with Crippen molar-refractivity contribution in [3.05, 3.63) is 0 Å². The highest BCUT2D eigenvalue weighted by atomic mass is 16.5. The van der Waals surface area contributed by atoms with Crippen molar-refractivity contribution in [2.24, 2.45) is 11.3 Å². The summed E-state index contributed by atoms with van der Waals surface area (Å²) in [5.74, 6) is 0.723. The summed E-state index contributed by atoms with van der Waals surface area (Å²) in [5, 5.41) is 3.79. The zero-order valence-electron chi connectivity index (χ0n) is 14.8. The first-order valence-electron chi connectivity index (χ1n) is 8.97. The maximum atomic E-state index is 5.76. The van der Waals surface area contributed by atoms with E-state index in [0.717, 1.165) is 19.1 Å². The van der Waals surface area contributed by atoms with Crippen molar-refractivity contribution in [1.82, 2.24) is 10.2 Å². The fourth-order valence-corrected chi connectivity index (χ4v) is 3.72. The zero-order valence-corrected chi connectivity index (χ0v) is 14.8. The molecule has 2 heterocycles. The molecule has 3 heteroatoms. The van der Waals surface area contributed by atoms with Gasteiger partial charge in [0.15, 0.2) is 0 Å². The lowest BCUT2D eigenvalue weighted by molar-refractivity contribution is 0.0539. The molecule has 0 aromatic carbocycles. The molecule has 2 fully saturated rings. The fraction of sp³-hybridized carbons (Fsp3) is 1.00. The van der Waals surface area contributed by atoms with Crippen LogP contribution in [0.4, 0.5) is 0 Å². The summed E-state index contributed by atoms with van der Waals surface area (Å²) in [6, 6.07) is 1.29. The third kappa shape index (κ3) is 4.94. The largest absolute Gasteiger partial charge is 0.378 e. The molecule has 0 aromatic heterocycles. The van der Waals surface area contributed by atoms with E-state index in [1.54, 1.807) is 0 Å². The van der Waals surface area contributed by atoms with Crippen LogP contribution < -0.4 is 5.32 Å². The molecule has 0 amide bonds. The quantitative estimate of drug-likeness (QED) is 0.842. The lowest BCUT2D eigenvalue weighted by Gasteiger charge is -2.46. The van der Waals surface area contributed by atoms with E-state index in [1.807, 2.05) is 0 Å². The number of rotatable bonds is 5. The third-order valence-corrected chi connectivity index (χ3v) is 5.27. The number of piperazine rings is 1. The van der Waals surface area contributed by atoms with E-state index in [2.05, 4.69) is 44.8 Å². The molecule has 0 spiro atoms. The summed E-state index contributed by atoms with van der Waals surface area (Å²) >= 11 is 0. The Morgan fingerprint density at radius 2 is 2.05 bits per heavy atom. The van der Waals surface area contributed by atoms with E-state index >= 15 is 0 Å². The van der Waals surface area contributed by atoms with E-state index in [4.69, 9.17) is 4.74 Å². The smallest absolute Gasteiger partial charge is 0.0576 e. The van der Waals surface area contributed by atoms with E-state index in [1.165, 1.54) is 38.8 Å². The van der Waals surface area contributed by atoms with Gasteiger partial charge in [-0.05, 0) is 43.6 Å². The summed E-state index contributed by atoms with van der Waals surface area (Å²) in [4.78, 5) is 2.74. The Morgan fingerprint density at radius 3 is 2.62 bits per heavy atom. The van der Waals surface area contributed by atoms with Crippen molar-refractivity contribution in [3.8, 4) is 0 Å². The lowest BCUT2D eigenvalue weighted by Crippen LogP contribution is -2.61. The second-order valence-electron chi connectivity index (χ2n) is 8.41. The summed E-state index contributed by atoms with van der Waals surface area (Å²) in [5.41, 5.74) is 0.342. The molecule has 124 valence electrons. The Labute approximate surface area is 131 Å². The Bertz CT molecular complexity index is 305. The van der Waals surface area contributed by atoms with Crippen LogP contribution in [-0.2, 0) is 4.74 Å². The van der Waals surface area contributed by atoms with Crippen LogP contribution in [0.5, 0.6) is 0 Å². The van der Waals surface area contributed by atoms with E-state index < -0.39 is 0 Å². The van der Waals surface area contributed by atoms with Gasteiger partial charge in [0, 0.05) is 31.8 Å². The maximum absolute atomic E-state index is 5.76. The fourth-order valence-electron chi connectivity index (χ4n) is 3.72. The van der Waals surface area contributed by atoms with Gasteiger partial charge < -0.3 is 10.1 Å². The molecular weight excluding hydrogens is 260 g/mol. The van der Waals surface area contributed by atoms with Gasteiger partial charge in [0.25, 0.3) is 0 Å². The topological polar surface area (TPSA) is 24.5 Å². The minimum absolute atomic E-state index is 0.342. The van der Waals surface area contributed by atoms with Gasteiger partial charge in [-0.15, -0.1) is 0 Å². The van der Waals surface area contributed by atoms with Crippen LogP contribution in [0, 0.1) is 11.3 Å². The molecule has 0 radical (unpaired) electrons. The van der Waals surface area contributed by atoms with E-state index in [0.29, 0.717) is 23.6 Å². The molecule has 0 aliphatic carbocycles. The van der Waals surface area contributed by atoms with Gasteiger partial charge in [0.05, 0.1) is 6.10 Å². The number of hydrogen-bond donors (Lipinski definition) is 1. The highest BCUT2D eigenvalue weighted by Gasteiger charge is 2.34. The Kier molecular flexibility index (Phi) is 6.10. The first-order valence-corrected chi connectivity index (χ1v) is 8.97. The number of hydrogen-bond acceptors (Lipinski definition) is 3. The molecule has 0 saturated carbocycles. The average molecular weight is 296 g/mol. The highest BCUT2D eigenvalue weighted by Crippen LogP contribution is 2.26. The molecule has 2 rings (SSSR count). The molecule has 0 aromatic rings. The molecule has 3 atom stereocenters. The first-order chi connectivity index (χ1) is 9.88. The monoisotopic (exact) mass is 296 g/mol. The standard InChI is InChI=1S/C18H36N2O/c1-14(2)16-12-19-17(18(3,4)5)13-20(16)10-6-8-15-9-7-11-21-15/h14-17,19H,6-13H2,1-5H3. The molecule has 21 heavy (non-hydrogen) atoms. The van der Waals surface area contributed by atoms with Gasteiger partial charge in [-0.2, -0.15) is 0 Å². The second-order valence-corrected chi connectivity index (χ2v) is 8.41. The van der Waals surface area contributed by atoms with Gasteiger partial charge in [0.2, 0.25) is 0 Å². The Balaban J connectivity index is 1.84. The van der Waals surface area contributed by atoms with Crippen molar-refractivity contribution in [2.45, 2.75) is 78.5 Å².